The Labute approximate surface area is 168 Å². The van der Waals surface area contributed by atoms with Crippen molar-refractivity contribution >= 4 is 28.7 Å². The fourth-order valence-corrected chi connectivity index (χ4v) is 3.06. The molecule has 0 unspecified atom stereocenters. The third kappa shape index (κ3) is 3.33. The van der Waals surface area contributed by atoms with Crippen LogP contribution in [-0.4, -0.2) is 25.1 Å². The third-order valence-electron chi connectivity index (χ3n) is 4.44. The predicted octanol–water partition coefficient (Wildman–Crippen LogP) is 4.07. The molecular formula is C20H13N5O5. The Kier molecular flexibility index (Phi) is 4.64. The van der Waals surface area contributed by atoms with Crippen molar-refractivity contribution in [3.05, 3.63) is 98.7 Å². The minimum Gasteiger partial charge on any atom is -0.306 e. The van der Waals surface area contributed by atoms with Crippen molar-refractivity contribution < 1.29 is 14.6 Å². The lowest BCUT2D eigenvalue weighted by molar-refractivity contribution is -0.394. The van der Waals surface area contributed by atoms with Crippen LogP contribution in [0.5, 0.6) is 0 Å². The number of fused-ring (bicyclic) bond motifs is 1. The van der Waals surface area contributed by atoms with E-state index in [1.54, 1.807) is 28.8 Å². The van der Waals surface area contributed by atoms with Crippen LogP contribution in [0.3, 0.4) is 0 Å². The van der Waals surface area contributed by atoms with E-state index in [9.17, 15) is 25.0 Å². The Morgan fingerprint density at radius 2 is 1.67 bits per heavy atom. The van der Waals surface area contributed by atoms with Crippen LogP contribution in [0.4, 0.5) is 17.2 Å². The molecule has 0 aliphatic rings. The number of carbonyl (C=O) groups excluding carboxylic acids is 1. The van der Waals surface area contributed by atoms with Gasteiger partial charge in [-0.2, -0.15) is 0 Å². The van der Waals surface area contributed by atoms with Crippen molar-refractivity contribution in [2.45, 2.75) is 0 Å². The van der Waals surface area contributed by atoms with Gasteiger partial charge in [0.2, 0.25) is 0 Å². The standard InChI is InChI=1S/C20H13N5O5/c26-20(15-10-9-14(24(27)28)12-16(15)25(29)30)22-19-18(13-6-2-1-3-7-13)21-17-8-4-5-11-23(17)19/h1-12H,(H,22,26). The summed E-state index contributed by atoms with van der Waals surface area (Å²) in [4.78, 5) is 38.2. The Morgan fingerprint density at radius 1 is 0.933 bits per heavy atom. The highest BCUT2D eigenvalue weighted by Gasteiger charge is 2.26. The summed E-state index contributed by atoms with van der Waals surface area (Å²) < 4.78 is 1.65. The smallest absolute Gasteiger partial charge is 0.289 e. The van der Waals surface area contributed by atoms with E-state index in [-0.39, 0.29) is 5.56 Å². The van der Waals surface area contributed by atoms with Crippen molar-refractivity contribution in [2.75, 3.05) is 5.32 Å². The molecule has 1 N–H and O–H groups in total. The topological polar surface area (TPSA) is 133 Å². The monoisotopic (exact) mass is 403 g/mol. The van der Waals surface area contributed by atoms with E-state index in [4.69, 9.17) is 0 Å². The number of nitro benzene ring substituents is 2. The van der Waals surface area contributed by atoms with Gasteiger partial charge in [0.1, 0.15) is 22.7 Å². The number of imidazole rings is 1. The van der Waals surface area contributed by atoms with Crippen LogP contribution in [0.2, 0.25) is 0 Å². The SMILES string of the molecule is O=C(Nc1c(-c2ccccc2)nc2ccccn12)c1ccc([N+](=O)[O-])cc1[N+](=O)[O-]. The molecule has 30 heavy (non-hydrogen) atoms. The maximum absolute atomic E-state index is 12.9. The van der Waals surface area contributed by atoms with Gasteiger partial charge >= 0.3 is 0 Å². The summed E-state index contributed by atoms with van der Waals surface area (Å²) in [5, 5.41) is 25.0. The Hall–Kier alpha value is -4.60. The number of anilines is 1. The molecule has 0 saturated heterocycles. The summed E-state index contributed by atoms with van der Waals surface area (Å²) in [5.74, 6) is -0.450. The number of pyridine rings is 1. The largest absolute Gasteiger partial charge is 0.306 e. The highest BCUT2D eigenvalue weighted by molar-refractivity contribution is 6.08. The molecular weight excluding hydrogens is 390 g/mol. The van der Waals surface area contributed by atoms with Crippen molar-refractivity contribution in [3.8, 4) is 11.3 Å². The molecule has 4 aromatic rings. The number of nitro groups is 2. The quantitative estimate of drug-likeness (QED) is 0.394. The molecule has 2 aromatic heterocycles. The normalized spacial score (nSPS) is 10.7. The van der Waals surface area contributed by atoms with Crippen LogP contribution in [0.15, 0.2) is 72.9 Å². The van der Waals surface area contributed by atoms with Crippen LogP contribution in [-0.2, 0) is 0 Å². The van der Waals surface area contributed by atoms with E-state index >= 15 is 0 Å². The molecule has 10 heteroatoms. The molecule has 2 heterocycles. The lowest BCUT2D eigenvalue weighted by Gasteiger charge is -2.08. The summed E-state index contributed by atoms with van der Waals surface area (Å²) >= 11 is 0. The zero-order chi connectivity index (χ0) is 21.3. The maximum Gasteiger partial charge on any atom is 0.289 e. The molecule has 10 nitrogen and oxygen atoms in total. The second-order valence-electron chi connectivity index (χ2n) is 6.27. The molecule has 0 spiro atoms. The van der Waals surface area contributed by atoms with Crippen molar-refractivity contribution in [3.63, 3.8) is 0 Å². The van der Waals surface area contributed by atoms with Crippen molar-refractivity contribution in [1.82, 2.24) is 9.38 Å². The summed E-state index contributed by atoms with van der Waals surface area (Å²) in [6.07, 6.45) is 1.70. The number of rotatable bonds is 5. The van der Waals surface area contributed by atoms with Gasteiger partial charge in [-0.15, -0.1) is 0 Å². The maximum atomic E-state index is 12.9. The van der Waals surface area contributed by atoms with Gasteiger partial charge in [-0.1, -0.05) is 36.4 Å². The van der Waals surface area contributed by atoms with Crippen LogP contribution < -0.4 is 5.32 Å². The number of amides is 1. The lowest BCUT2D eigenvalue weighted by Crippen LogP contribution is -2.16. The first-order chi connectivity index (χ1) is 14.5. The van der Waals surface area contributed by atoms with Gasteiger partial charge in [-0.3, -0.25) is 29.4 Å². The molecule has 2 aromatic carbocycles. The van der Waals surface area contributed by atoms with Gasteiger partial charge in [0, 0.05) is 17.8 Å². The minimum atomic E-state index is -0.825. The molecule has 1 amide bonds. The third-order valence-corrected chi connectivity index (χ3v) is 4.44. The van der Waals surface area contributed by atoms with Gasteiger partial charge in [0.25, 0.3) is 17.3 Å². The van der Waals surface area contributed by atoms with Crippen LogP contribution in [0.25, 0.3) is 16.9 Å². The van der Waals surface area contributed by atoms with Crippen molar-refractivity contribution in [2.24, 2.45) is 0 Å². The van der Waals surface area contributed by atoms with Crippen LogP contribution >= 0.6 is 0 Å². The Morgan fingerprint density at radius 3 is 2.37 bits per heavy atom. The molecule has 0 fully saturated rings. The number of carbonyl (C=O) groups is 1. The zero-order valence-electron chi connectivity index (χ0n) is 15.3. The molecule has 148 valence electrons. The number of nitrogens with zero attached hydrogens (tertiary/aromatic N) is 4. The van der Waals surface area contributed by atoms with E-state index < -0.39 is 27.1 Å². The first kappa shape index (κ1) is 18.7. The van der Waals surface area contributed by atoms with E-state index in [1.165, 1.54) is 0 Å². The summed E-state index contributed by atoms with van der Waals surface area (Å²) in [7, 11) is 0. The lowest BCUT2D eigenvalue weighted by atomic mass is 10.1. The van der Waals surface area contributed by atoms with Crippen molar-refractivity contribution in [1.29, 1.82) is 0 Å². The molecule has 0 aliphatic heterocycles. The van der Waals surface area contributed by atoms with Gasteiger partial charge < -0.3 is 5.32 Å². The number of hydrogen-bond donors (Lipinski definition) is 1. The number of aromatic nitrogens is 2. The van der Waals surface area contributed by atoms with Crippen LogP contribution in [0.1, 0.15) is 10.4 Å². The number of nitrogens with one attached hydrogen (secondary N) is 1. The number of hydrogen-bond acceptors (Lipinski definition) is 6. The van der Waals surface area contributed by atoms with E-state index in [2.05, 4.69) is 10.3 Å². The fraction of sp³-hybridized carbons (Fsp3) is 0. The number of non-ortho nitro benzene ring substituents is 1. The average Bonchev–Trinajstić information content (AvgIpc) is 3.12. The minimum absolute atomic E-state index is 0.296. The summed E-state index contributed by atoms with van der Waals surface area (Å²) in [6, 6.07) is 17.3. The summed E-state index contributed by atoms with van der Waals surface area (Å²) in [5.41, 5.74) is 0.379. The first-order valence-corrected chi connectivity index (χ1v) is 8.72. The highest BCUT2D eigenvalue weighted by Crippen LogP contribution is 2.30. The van der Waals surface area contributed by atoms with Gasteiger partial charge in [0.15, 0.2) is 0 Å². The molecule has 0 bridgehead atoms. The van der Waals surface area contributed by atoms with E-state index in [0.717, 1.165) is 23.8 Å². The molecule has 0 atom stereocenters. The second-order valence-corrected chi connectivity index (χ2v) is 6.27. The summed E-state index contributed by atoms with van der Waals surface area (Å²) in [6.45, 7) is 0. The second kappa shape index (κ2) is 7.43. The van der Waals surface area contributed by atoms with E-state index in [0.29, 0.717) is 17.2 Å². The van der Waals surface area contributed by atoms with Crippen LogP contribution in [0, 0.1) is 20.2 Å². The Bertz CT molecular complexity index is 1300. The fourth-order valence-electron chi connectivity index (χ4n) is 3.06. The predicted molar refractivity (Wildman–Crippen MR) is 108 cm³/mol. The number of benzene rings is 2. The van der Waals surface area contributed by atoms with Gasteiger partial charge in [-0.05, 0) is 18.2 Å². The zero-order valence-corrected chi connectivity index (χ0v) is 15.3. The Balaban J connectivity index is 1.81. The molecule has 0 radical (unpaired) electrons. The first-order valence-electron chi connectivity index (χ1n) is 8.72. The average molecular weight is 403 g/mol. The molecule has 0 aliphatic carbocycles. The highest BCUT2D eigenvalue weighted by atomic mass is 16.6. The van der Waals surface area contributed by atoms with E-state index in [1.807, 2.05) is 30.3 Å². The van der Waals surface area contributed by atoms with Gasteiger partial charge in [0.05, 0.1) is 15.9 Å². The molecule has 0 saturated carbocycles. The van der Waals surface area contributed by atoms with Gasteiger partial charge in [-0.25, -0.2) is 4.98 Å². The molecule has 4 rings (SSSR count).